The Kier molecular flexibility index (Phi) is 2.63. The van der Waals surface area contributed by atoms with Gasteiger partial charge in [0.2, 0.25) is 5.82 Å². The Bertz CT molecular complexity index is 569. The van der Waals surface area contributed by atoms with Gasteiger partial charge in [0, 0.05) is 6.07 Å². The van der Waals surface area contributed by atoms with Crippen molar-refractivity contribution in [2.24, 2.45) is 0 Å². The van der Waals surface area contributed by atoms with Crippen LogP contribution < -0.4 is 10.3 Å². The molecule has 0 aliphatic rings. The molecule has 0 saturated heterocycles. The smallest absolute Gasteiger partial charge is 0.267 e. The van der Waals surface area contributed by atoms with Crippen LogP contribution in [0.2, 0.25) is 0 Å². The van der Waals surface area contributed by atoms with Gasteiger partial charge in [0.25, 0.3) is 5.56 Å². The SMILES string of the molecule is O=c1cc(Oc2cccc(F)c2F)cn[nH]1. The van der Waals surface area contributed by atoms with E-state index >= 15 is 0 Å². The average Bonchev–Trinajstić information content (AvgIpc) is 2.25. The highest BCUT2D eigenvalue weighted by Gasteiger charge is 2.09. The minimum atomic E-state index is -1.11. The fourth-order valence-electron chi connectivity index (χ4n) is 1.10. The van der Waals surface area contributed by atoms with Crippen LogP contribution in [0.15, 0.2) is 35.3 Å². The standard InChI is InChI=1S/C10H6F2N2O2/c11-7-2-1-3-8(10(7)12)16-6-4-9(15)14-13-5-6/h1-5H,(H,14,15). The van der Waals surface area contributed by atoms with Crippen molar-refractivity contribution in [2.45, 2.75) is 0 Å². The van der Waals surface area contributed by atoms with Crippen molar-refractivity contribution in [1.29, 1.82) is 0 Å². The van der Waals surface area contributed by atoms with Gasteiger partial charge in [0.1, 0.15) is 0 Å². The first-order valence-electron chi connectivity index (χ1n) is 4.33. The van der Waals surface area contributed by atoms with E-state index in [1.54, 1.807) is 0 Å². The summed E-state index contributed by atoms with van der Waals surface area (Å²) in [4.78, 5) is 10.9. The molecule has 0 spiro atoms. The number of nitrogens with zero attached hydrogens (tertiary/aromatic N) is 1. The molecule has 0 aliphatic heterocycles. The molecule has 0 atom stereocenters. The first-order valence-corrected chi connectivity index (χ1v) is 4.33. The predicted octanol–water partition coefficient (Wildman–Crippen LogP) is 1.84. The summed E-state index contributed by atoms with van der Waals surface area (Å²) in [6, 6.07) is 4.60. The molecule has 0 amide bonds. The van der Waals surface area contributed by atoms with E-state index < -0.39 is 17.2 Å². The quantitative estimate of drug-likeness (QED) is 0.846. The highest BCUT2D eigenvalue weighted by Crippen LogP contribution is 2.24. The van der Waals surface area contributed by atoms with Crippen molar-refractivity contribution in [2.75, 3.05) is 0 Å². The van der Waals surface area contributed by atoms with Crippen LogP contribution in [0, 0.1) is 11.6 Å². The average molecular weight is 224 g/mol. The Morgan fingerprint density at radius 2 is 2.12 bits per heavy atom. The lowest BCUT2D eigenvalue weighted by Crippen LogP contribution is -2.05. The van der Waals surface area contributed by atoms with Crippen molar-refractivity contribution in [1.82, 2.24) is 10.2 Å². The molecule has 82 valence electrons. The number of aromatic amines is 1. The van der Waals surface area contributed by atoms with Crippen molar-refractivity contribution >= 4 is 0 Å². The molecule has 2 rings (SSSR count). The van der Waals surface area contributed by atoms with E-state index in [1.165, 1.54) is 18.3 Å². The molecule has 0 unspecified atom stereocenters. The second kappa shape index (κ2) is 4.09. The van der Waals surface area contributed by atoms with Gasteiger partial charge in [0.15, 0.2) is 17.3 Å². The summed E-state index contributed by atoms with van der Waals surface area (Å²) in [7, 11) is 0. The largest absolute Gasteiger partial charge is 0.452 e. The molecule has 4 nitrogen and oxygen atoms in total. The van der Waals surface area contributed by atoms with Crippen molar-refractivity contribution in [3.63, 3.8) is 0 Å². The number of hydrogen-bond acceptors (Lipinski definition) is 3. The predicted molar refractivity (Wildman–Crippen MR) is 51.3 cm³/mol. The zero-order chi connectivity index (χ0) is 11.5. The minimum absolute atomic E-state index is 0.0354. The zero-order valence-corrected chi connectivity index (χ0v) is 7.91. The first-order chi connectivity index (χ1) is 7.66. The number of nitrogens with one attached hydrogen (secondary N) is 1. The highest BCUT2D eigenvalue weighted by molar-refractivity contribution is 5.30. The molecule has 0 aliphatic carbocycles. The van der Waals surface area contributed by atoms with Gasteiger partial charge in [-0.05, 0) is 12.1 Å². The third-order valence-electron chi connectivity index (χ3n) is 1.78. The van der Waals surface area contributed by atoms with Gasteiger partial charge in [0.05, 0.1) is 6.20 Å². The molecule has 0 radical (unpaired) electrons. The maximum atomic E-state index is 13.2. The lowest BCUT2D eigenvalue weighted by molar-refractivity contribution is 0.413. The van der Waals surface area contributed by atoms with E-state index in [2.05, 4.69) is 10.2 Å². The van der Waals surface area contributed by atoms with Crippen molar-refractivity contribution in [3.05, 3.63) is 52.5 Å². The van der Waals surface area contributed by atoms with Gasteiger partial charge in [-0.2, -0.15) is 9.49 Å². The molecule has 0 bridgehead atoms. The fraction of sp³-hybridized carbons (Fsp3) is 0. The summed E-state index contributed by atoms with van der Waals surface area (Å²) < 4.78 is 31.0. The molecular formula is C10H6F2N2O2. The fourth-order valence-corrected chi connectivity index (χ4v) is 1.10. The molecule has 2 aromatic rings. The number of H-pyrrole nitrogens is 1. The van der Waals surface area contributed by atoms with E-state index in [1.807, 2.05) is 0 Å². The van der Waals surface area contributed by atoms with Crippen LogP contribution in [-0.2, 0) is 0 Å². The Morgan fingerprint density at radius 3 is 2.88 bits per heavy atom. The number of rotatable bonds is 2. The second-order valence-electron chi connectivity index (χ2n) is 2.93. The normalized spacial score (nSPS) is 10.1. The zero-order valence-electron chi connectivity index (χ0n) is 7.91. The van der Waals surface area contributed by atoms with Crippen LogP contribution in [0.4, 0.5) is 8.78 Å². The molecule has 6 heteroatoms. The molecule has 16 heavy (non-hydrogen) atoms. The topological polar surface area (TPSA) is 55.0 Å². The number of benzene rings is 1. The molecule has 0 saturated carbocycles. The molecule has 1 heterocycles. The van der Waals surface area contributed by atoms with Gasteiger partial charge in [-0.1, -0.05) is 6.07 Å². The van der Waals surface area contributed by atoms with E-state index in [0.717, 1.165) is 12.1 Å². The molecule has 1 aromatic carbocycles. The summed E-state index contributed by atoms with van der Waals surface area (Å²) >= 11 is 0. The summed E-state index contributed by atoms with van der Waals surface area (Å²) in [6.07, 6.45) is 1.19. The number of halogens is 2. The monoisotopic (exact) mass is 224 g/mol. The Labute approximate surface area is 88.5 Å². The first kappa shape index (κ1) is 10.3. The molecular weight excluding hydrogens is 218 g/mol. The lowest BCUT2D eigenvalue weighted by Gasteiger charge is -2.05. The summed E-state index contributed by atoms with van der Waals surface area (Å²) in [5.41, 5.74) is -0.491. The Balaban J connectivity index is 2.34. The van der Waals surface area contributed by atoms with Crippen LogP contribution in [0.3, 0.4) is 0 Å². The van der Waals surface area contributed by atoms with Crippen molar-refractivity contribution in [3.8, 4) is 11.5 Å². The Hall–Kier alpha value is -2.24. The summed E-state index contributed by atoms with van der Waals surface area (Å²) in [5, 5.41) is 5.58. The van der Waals surface area contributed by atoms with Gasteiger partial charge >= 0.3 is 0 Å². The van der Waals surface area contributed by atoms with Gasteiger partial charge in [-0.25, -0.2) is 9.49 Å². The number of hydrogen-bond donors (Lipinski definition) is 1. The maximum absolute atomic E-state index is 13.2. The van der Waals surface area contributed by atoms with Crippen LogP contribution in [0.25, 0.3) is 0 Å². The second-order valence-corrected chi connectivity index (χ2v) is 2.93. The van der Waals surface area contributed by atoms with E-state index in [-0.39, 0.29) is 11.5 Å². The van der Waals surface area contributed by atoms with Gasteiger partial charge < -0.3 is 4.74 Å². The molecule has 1 aromatic heterocycles. The van der Waals surface area contributed by atoms with Crippen LogP contribution >= 0.6 is 0 Å². The summed E-state index contributed by atoms with van der Waals surface area (Å²) in [5.74, 6) is -2.39. The van der Waals surface area contributed by atoms with Crippen LogP contribution in [0.1, 0.15) is 0 Å². The van der Waals surface area contributed by atoms with Crippen LogP contribution in [-0.4, -0.2) is 10.2 Å². The van der Waals surface area contributed by atoms with E-state index in [0.29, 0.717) is 0 Å². The van der Waals surface area contributed by atoms with Crippen LogP contribution in [0.5, 0.6) is 11.5 Å². The van der Waals surface area contributed by atoms with Gasteiger partial charge in [-0.3, -0.25) is 4.79 Å². The Morgan fingerprint density at radius 1 is 1.31 bits per heavy atom. The third-order valence-corrected chi connectivity index (χ3v) is 1.78. The molecule has 1 N–H and O–H groups in total. The number of ether oxygens (including phenoxy) is 1. The van der Waals surface area contributed by atoms with Gasteiger partial charge in [-0.15, -0.1) is 0 Å². The lowest BCUT2D eigenvalue weighted by atomic mass is 10.3. The van der Waals surface area contributed by atoms with Crippen molar-refractivity contribution < 1.29 is 13.5 Å². The summed E-state index contributed by atoms with van der Waals surface area (Å²) in [6.45, 7) is 0. The third kappa shape index (κ3) is 2.05. The number of aromatic nitrogens is 2. The van der Waals surface area contributed by atoms with E-state index in [4.69, 9.17) is 4.74 Å². The van der Waals surface area contributed by atoms with E-state index in [9.17, 15) is 13.6 Å². The minimum Gasteiger partial charge on any atom is -0.452 e. The molecule has 0 fully saturated rings. The highest BCUT2D eigenvalue weighted by atomic mass is 19.2. The maximum Gasteiger partial charge on any atom is 0.267 e.